The van der Waals surface area contributed by atoms with Gasteiger partial charge in [-0.1, -0.05) is 48.6 Å². The van der Waals surface area contributed by atoms with E-state index >= 15 is 0 Å². The lowest BCUT2D eigenvalue weighted by Gasteiger charge is -1.99. The van der Waals surface area contributed by atoms with Crippen LogP contribution in [-0.4, -0.2) is 20.0 Å². The molecule has 0 radical (unpaired) electrons. The number of hydrogen-bond donors (Lipinski definition) is 0. The minimum Gasteiger partial charge on any atom is -0.416 e. The van der Waals surface area contributed by atoms with Gasteiger partial charge in [0.2, 0.25) is 11.8 Å². The number of hydrogen-bond acceptors (Lipinski definition) is 7. The molecule has 0 bridgehead atoms. The summed E-state index contributed by atoms with van der Waals surface area (Å²) in [5.41, 5.74) is 5.31. The zero-order valence-corrected chi connectivity index (χ0v) is 20.4. The number of rotatable bonds is 8. The molecule has 1 aromatic heterocycles. The molecule has 5 aromatic rings. The molecule has 0 fully saturated rings. The topological polar surface area (TPSA) is 125 Å². The first-order valence-electron chi connectivity index (χ1n) is 11.8. The monoisotopic (exact) mass is 516 g/mol. The lowest BCUT2D eigenvalue weighted by atomic mass is 10.1. The molecule has 0 saturated heterocycles. The Hall–Kier alpha value is -5.70. The SMILES string of the molecule is O=[N+]([O-])c1ccc(/C=C/c2ccc(-c3nnc(-c4ccc(/C=C/c5ccc([N+](=O)[O-])cc5)cc4)o3)cc2)cc1. The first kappa shape index (κ1) is 25.0. The molecule has 0 amide bonds. The van der Waals surface area contributed by atoms with Crippen LogP contribution in [0.3, 0.4) is 0 Å². The average molecular weight is 517 g/mol. The Kier molecular flexibility index (Phi) is 7.13. The highest BCUT2D eigenvalue weighted by Crippen LogP contribution is 2.25. The van der Waals surface area contributed by atoms with Crippen molar-refractivity contribution in [3.05, 3.63) is 140 Å². The van der Waals surface area contributed by atoms with Crippen LogP contribution in [0.2, 0.25) is 0 Å². The summed E-state index contributed by atoms with van der Waals surface area (Å²) in [6.45, 7) is 0. The van der Waals surface area contributed by atoms with Crippen LogP contribution >= 0.6 is 0 Å². The molecule has 0 saturated carbocycles. The van der Waals surface area contributed by atoms with Crippen LogP contribution in [0.25, 0.3) is 47.2 Å². The largest absolute Gasteiger partial charge is 0.416 e. The van der Waals surface area contributed by atoms with Crippen molar-refractivity contribution in [3.63, 3.8) is 0 Å². The van der Waals surface area contributed by atoms with Crippen LogP contribution in [0.15, 0.2) is 101 Å². The maximum Gasteiger partial charge on any atom is 0.269 e. The molecule has 0 aliphatic heterocycles. The van der Waals surface area contributed by atoms with E-state index in [1.165, 1.54) is 24.3 Å². The van der Waals surface area contributed by atoms with E-state index in [9.17, 15) is 20.2 Å². The summed E-state index contributed by atoms with van der Waals surface area (Å²) in [5.74, 6) is 0.802. The Balaban J connectivity index is 1.22. The van der Waals surface area contributed by atoms with Crippen molar-refractivity contribution >= 4 is 35.7 Å². The summed E-state index contributed by atoms with van der Waals surface area (Å²) >= 11 is 0. The fourth-order valence-electron chi connectivity index (χ4n) is 3.73. The van der Waals surface area contributed by atoms with Gasteiger partial charge in [0.25, 0.3) is 11.4 Å². The lowest BCUT2D eigenvalue weighted by molar-refractivity contribution is -0.385. The van der Waals surface area contributed by atoms with Gasteiger partial charge < -0.3 is 4.42 Å². The second kappa shape index (κ2) is 11.1. The van der Waals surface area contributed by atoms with Crippen molar-refractivity contribution < 1.29 is 14.3 Å². The van der Waals surface area contributed by atoms with Gasteiger partial charge in [-0.15, -0.1) is 10.2 Å². The molecular weight excluding hydrogens is 496 g/mol. The molecule has 9 heteroatoms. The van der Waals surface area contributed by atoms with Crippen LogP contribution in [0.4, 0.5) is 11.4 Å². The fourth-order valence-corrected chi connectivity index (χ4v) is 3.73. The summed E-state index contributed by atoms with van der Waals surface area (Å²) in [6, 6.07) is 27.9. The predicted molar refractivity (Wildman–Crippen MR) is 149 cm³/mol. The molecule has 4 aromatic carbocycles. The summed E-state index contributed by atoms with van der Waals surface area (Å²) in [4.78, 5) is 20.7. The zero-order valence-electron chi connectivity index (χ0n) is 20.4. The van der Waals surface area contributed by atoms with E-state index in [2.05, 4.69) is 10.2 Å². The highest BCUT2D eigenvalue weighted by Gasteiger charge is 2.10. The van der Waals surface area contributed by atoms with Gasteiger partial charge >= 0.3 is 0 Å². The first-order chi connectivity index (χ1) is 18.9. The van der Waals surface area contributed by atoms with E-state index in [1.807, 2.05) is 72.8 Å². The standard InChI is InChI=1S/C30H20N4O5/c35-33(36)27-17-9-23(10-18-27)3-1-21-5-13-25(14-6-21)29-31-32-30(39-29)26-15-7-22(8-16-26)2-4-24-11-19-28(20-12-24)34(37)38/h1-20H/b3-1+,4-2+. The van der Waals surface area contributed by atoms with Crippen molar-refractivity contribution in [2.24, 2.45) is 0 Å². The molecule has 0 unspecified atom stereocenters. The van der Waals surface area contributed by atoms with E-state index in [0.717, 1.165) is 33.4 Å². The quantitative estimate of drug-likeness (QED) is 0.118. The van der Waals surface area contributed by atoms with E-state index in [1.54, 1.807) is 24.3 Å². The van der Waals surface area contributed by atoms with Crippen LogP contribution < -0.4 is 0 Å². The smallest absolute Gasteiger partial charge is 0.269 e. The Labute approximate surface area is 222 Å². The van der Waals surface area contributed by atoms with Gasteiger partial charge in [0.15, 0.2) is 0 Å². The third-order valence-corrected chi connectivity index (χ3v) is 5.88. The van der Waals surface area contributed by atoms with E-state index < -0.39 is 9.85 Å². The number of non-ortho nitro benzene ring substituents is 2. The maximum atomic E-state index is 10.8. The van der Waals surface area contributed by atoms with Crippen LogP contribution in [0, 0.1) is 20.2 Å². The zero-order chi connectivity index (χ0) is 27.2. The molecule has 0 N–H and O–H groups in total. The van der Waals surface area contributed by atoms with Gasteiger partial charge in [0, 0.05) is 35.4 Å². The second-order valence-electron chi connectivity index (χ2n) is 8.52. The Morgan fingerprint density at radius 2 is 0.769 bits per heavy atom. The average Bonchev–Trinajstić information content (AvgIpc) is 3.46. The van der Waals surface area contributed by atoms with Crippen molar-refractivity contribution in [1.82, 2.24) is 10.2 Å². The summed E-state index contributed by atoms with van der Waals surface area (Å²) in [6.07, 6.45) is 7.60. The van der Waals surface area contributed by atoms with Gasteiger partial charge in [0.05, 0.1) is 9.85 Å². The Morgan fingerprint density at radius 1 is 0.487 bits per heavy atom. The molecule has 0 atom stereocenters. The summed E-state index contributed by atoms with van der Waals surface area (Å²) in [5, 5.41) is 29.9. The third-order valence-electron chi connectivity index (χ3n) is 5.88. The van der Waals surface area contributed by atoms with Crippen LogP contribution in [-0.2, 0) is 0 Å². The van der Waals surface area contributed by atoms with E-state index in [-0.39, 0.29) is 11.4 Å². The fraction of sp³-hybridized carbons (Fsp3) is 0. The molecule has 5 rings (SSSR count). The number of benzene rings is 4. The predicted octanol–water partition coefficient (Wildman–Crippen LogP) is 7.56. The van der Waals surface area contributed by atoms with Crippen LogP contribution in [0.1, 0.15) is 22.3 Å². The Morgan fingerprint density at radius 3 is 1.05 bits per heavy atom. The van der Waals surface area contributed by atoms with Gasteiger partial charge in [-0.25, -0.2) is 0 Å². The van der Waals surface area contributed by atoms with Gasteiger partial charge in [-0.2, -0.15) is 0 Å². The normalized spacial score (nSPS) is 11.3. The summed E-state index contributed by atoms with van der Waals surface area (Å²) in [7, 11) is 0. The maximum absolute atomic E-state index is 10.8. The number of nitrogens with zero attached hydrogens (tertiary/aromatic N) is 4. The summed E-state index contributed by atoms with van der Waals surface area (Å²) < 4.78 is 5.89. The Bertz CT molecular complexity index is 1540. The number of aromatic nitrogens is 2. The molecule has 1 heterocycles. The molecular formula is C30H20N4O5. The van der Waals surface area contributed by atoms with Gasteiger partial charge in [-0.05, 0) is 70.8 Å². The third kappa shape index (κ3) is 6.17. The highest BCUT2D eigenvalue weighted by molar-refractivity contribution is 5.72. The number of nitro benzene ring substituents is 2. The van der Waals surface area contributed by atoms with Crippen molar-refractivity contribution in [3.8, 4) is 22.9 Å². The first-order valence-corrected chi connectivity index (χ1v) is 11.8. The van der Waals surface area contributed by atoms with Crippen molar-refractivity contribution in [1.29, 1.82) is 0 Å². The van der Waals surface area contributed by atoms with E-state index in [0.29, 0.717) is 11.8 Å². The molecule has 0 aliphatic carbocycles. The molecule has 0 aliphatic rings. The van der Waals surface area contributed by atoms with Crippen molar-refractivity contribution in [2.45, 2.75) is 0 Å². The number of nitro groups is 2. The van der Waals surface area contributed by atoms with Crippen molar-refractivity contribution in [2.75, 3.05) is 0 Å². The minimum absolute atomic E-state index is 0.0582. The van der Waals surface area contributed by atoms with Gasteiger partial charge in [0.1, 0.15) is 0 Å². The molecule has 9 nitrogen and oxygen atoms in total. The molecule has 190 valence electrons. The van der Waals surface area contributed by atoms with Gasteiger partial charge in [-0.3, -0.25) is 20.2 Å². The molecule has 39 heavy (non-hydrogen) atoms. The minimum atomic E-state index is -0.422. The second-order valence-corrected chi connectivity index (χ2v) is 8.52. The van der Waals surface area contributed by atoms with E-state index in [4.69, 9.17) is 4.42 Å². The molecule has 0 spiro atoms. The van der Waals surface area contributed by atoms with Crippen LogP contribution in [0.5, 0.6) is 0 Å². The lowest BCUT2D eigenvalue weighted by Crippen LogP contribution is -1.86. The highest BCUT2D eigenvalue weighted by atomic mass is 16.6.